The third-order valence-electron chi connectivity index (χ3n) is 50.5. The van der Waals surface area contributed by atoms with Gasteiger partial charge in [-0.25, -0.2) is 0 Å². The van der Waals surface area contributed by atoms with Crippen molar-refractivity contribution < 1.29 is 9.53 Å². The van der Waals surface area contributed by atoms with E-state index in [0.29, 0.717) is 6.61 Å². The molecule has 143 heavy (non-hydrogen) atoms. The molecule has 0 aliphatic heterocycles. The summed E-state index contributed by atoms with van der Waals surface area (Å²) in [6.07, 6.45) is 81.1. The molecule has 2 atom stereocenters. The number of rotatable bonds is 90. The highest BCUT2D eigenvalue weighted by Crippen LogP contribution is 2.76. The molecule has 0 fully saturated rings. The van der Waals surface area contributed by atoms with E-state index < -0.39 is 10.8 Å². The van der Waals surface area contributed by atoms with Crippen molar-refractivity contribution in [2.24, 2.45) is 119 Å². The van der Waals surface area contributed by atoms with E-state index in [0.717, 1.165) is 18.4 Å². The smallest absolute Gasteiger partial charge is 0.312 e. The first-order chi connectivity index (χ1) is 67.5. The Hall–Kier alpha value is -1.31. The molecule has 0 heterocycles. The molecular weight excluding hydrogens is 1730 g/mol. The minimum absolute atomic E-state index is 0.0435. The van der Waals surface area contributed by atoms with Gasteiger partial charge in [-0.2, -0.15) is 0 Å². The molecule has 0 N–H and O–H groups in total. The van der Waals surface area contributed by atoms with Gasteiger partial charge in [0.1, 0.15) is 6.61 Å². The molecule has 0 bridgehead atoms. The molecule has 2 unspecified atom stereocenters. The first kappa shape index (κ1) is 140. The lowest BCUT2D eigenvalue weighted by Gasteiger charge is -2.64. The summed E-state index contributed by atoms with van der Waals surface area (Å²) >= 11 is 0. The van der Waals surface area contributed by atoms with Gasteiger partial charge in [-0.3, -0.25) is 4.79 Å². The van der Waals surface area contributed by atoms with Crippen molar-refractivity contribution in [1.29, 1.82) is 0 Å². The molecule has 0 saturated heterocycles. The second-order valence-corrected chi connectivity index (χ2v) is 54.8. The predicted molar refractivity (Wildman–Crippen MR) is 650 cm³/mol. The van der Waals surface area contributed by atoms with Crippen molar-refractivity contribution in [3.8, 4) is 0 Å². The maximum absolute atomic E-state index is 18.4. The number of hydrogen-bond donors (Lipinski definition) is 0. The molecule has 0 amide bonds. The predicted octanol–water partition coefficient (Wildman–Crippen LogP) is 50.1. The van der Waals surface area contributed by atoms with E-state index in [1.54, 1.807) is 0 Å². The molecular formula is C141H274O2. The van der Waals surface area contributed by atoms with Gasteiger partial charge in [0, 0.05) is 0 Å². The summed E-state index contributed by atoms with van der Waals surface area (Å²) in [4.78, 5) is 18.4. The lowest BCUT2D eigenvalue weighted by atomic mass is 9.40. The SMILES string of the molecule is CCCC(CC)(CC)CC(CC)(CC(CC)(CC)CC)CC(CC(CC(CC)(CC)CC)(CC(CC)(CC)CC)CC(CC)(CC)CC)(CC(CC(CC)(CC)CC)(CC(CC)(CC)CC)CC(CC)(CC)CC)CC(CC(CC(CC)(CC)CC)(CC(CC)(CC)CC)CC(CC)(CC)CC)(CC(CC(CC)(CC)CC)(CC(CC)(CC)CC)CC(CC)(CC)CC)CC(C)(CC)C(=O)OCc1ccccc1. The van der Waals surface area contributed by atoms with E-state index in [2.05, 4.69) is 342 Å². The summed E-state index contributed by atoms with van der Waals surface area (Å²) in [5.74, 6) is 0.0994. The number of carbonyl (C=O) groups excluding carboxylic acids is 1. The zero-order valence-electron chi connectivity index (χ0n) is 108. The Bertz CT molecular complexity index is 2920. The quantitative estimate of drug-likeness (QED) is 0.0608. The van der Waals surface area contributed by atoms with Gasteiger partial charge < -0.3 is 4.74 Å². The zero-order valence-corrected chi connectivity index (χ0v) is 108. The van der Waals surface area contributed by atoms with Crippen molar-refractivity contribution in [3.63, 3.8) is 0 Å². The van der Waals surface area contributed by atoms with Gasteiger partial charge >= 0.3 is 5.97 Å². The molecule has 0 spiro atoms. The van der Waals surface area contributed by atoms with Gasteiger partial charge in [-0.15, -0.1) is 0 Å². The maximum atomic E-state index is 18.4. The van der Waals surface area contributed by atoms with E-state index in [1.165, 1.54) is 411 Å². The molecule has 0 aliphatic rings. The van der Waals surface area contributed by atoms with Gasteiger partial charge in [0.15, 0.2) is 0 Å². The molecule has 850 valence electrons. The Kier molecular flexibility index (Phi) is 61.0. The van der Waals surface area contributed by atoms with Gasteiger partial charge in [0.05, 0.1) is 5.41 Å². The molecule has 2 nitrogen and oxygen atoms in total. The third-order valence-corrected chi connectivity index (χ3v) is 50.5. The summed E-state index contributed by atoms with van der Waals surface area (Å²) in [6.45, 7) is 123. The highest BCUT2D eigenvalue weighted by Gasteiger charge is 2.65. The first-order valence-electron chi connectivity index (χ1n) is 65.7. The van der Waals surface area contributed by atoms with Crippen LogP contribution in [0.1, 0.15) is 741 Å². The Morgan fingerprint density at radius 2 is 0.287 bits per heavy atom. The van der Waals surface area contributed by atoms with E-state index in [9.17, 15) is 0 Å². The van der Waals surface area contributed by atoms with Gasteiger partial charge in [-0.1, -0.05) is 611 Å². The monoisotopic (exact) mass is 2000 g/mol. The van der Waals surface area contributed by atoms with Crippen molar-refractivity contribution in [2.45, 2.75) is 742 Å². The number of carbonyl (C=O) groups is 1. The average Bonchev–Trinajstić information content (AvgIpc) is 0.713. The second kappa shape index (κ2) is 62.4. The largest absolute Gasteiger partial charge is 0.460 e. The van der Waals surface area contributed by atoms with Crippen molar-refractivity contribution in [2.75, 3.05) is 0 Å². The Labute approximate surface area is 906 Å². The molecule has 2 heteroatoms. The van der Waals surface area contributed by atoms with Gasteiger partial charge in [0.2, 0.25) is 0 Å². The van der Waals surface area contributed by atoms with E-state index in [-0.39, 0.29) is 114 Å². The third kappa shape index (κ3) is 35.3. The average molecular weight is 2000 g/mol. The lowest BCUT2D eigenvalue weighted by molar-refractivity contribution is -0.167. The fraction of sp³-hybridized carbons (Fsp3) is 0.950. The first-order valence-corrected chi connectivity index (χ1v) is 65.7. The maximum Gasteiger partial charge on any atom is 0.312 e. The van der Waals surface area contributed by atoms with Crippen LogP contribution in [0.5, 0.6) is 0 Å². The van der Waals surface area contributed by atoms with Gasteiger partial charge in [-0.05, 0) is 274 Å². The summed E-state index contributed by atoms with van der Waals surface area (Å²) in [7, 11) is 0. The highest BCUT2D eigenvalue weighted by atomic mass is 16.5. The Balaban J connectivity index is 8.20. The highest BCUT2D eigenvalue weighted by molar-refractivity contribution is 5.76. The fourth-order valence-corrected chi connectivity index (χ4v) is 36.9. The van der Waals surface area contributed by atoms with Crippen LogP contribution in [0.25, 0.3) is 0 Å². The number of hydrogen-bond acceptors (Lipinski definition) is 2. The molecule has 1 rings (SSSR count). The standard InChI is InChI=1S/C141H274O2/c1-46-95-134(87-42,88-43)111-135(89-44,98-121(48-3,49-4)50-5)112-141(116-139(105-128(69-24,70-25)71-26,106-129(72-27,73-28)74-29)107-130(75-30,76-31)77-32,117-140(108-131(78-33,79-34)80-35,109-132(81-36,82-37)83-38)110-133(84-39,85-40)86-41)115-136(97-120(45,47-2)119(142)143-96-118-93-91-90-92-94-118,113-137(99-122(51-6,52-7)53-8,100-123(54-9,55-10)56-11)101-124(57-12,58-13)59-14)114-138(102-125(60-15,61-16)62-17,103-126(63-18,64-19)65-20)104-127(66-21,67-22)68-23/h90-94H,46-89,95-117H2,1-45H3. The van der Waals surface area contributed by atoms with Crippen LogP contribution in [0.2, 0.25) is 0 Å². The topological polar surface area (TPSA) is 26.3 Å². The van der Waals surface area contributed by atoms with Crippen LogP contribution < -0.4 is 0 Å². The van der Waals surface area contributed by atoms with E-state index in [1.807, 2.05) is 0 Å². The number of benzene rings is 1. The van der Waals surface area contributed by atoms with Crippen LogP contribution in [-0.4, -0.2) is 5.97 Å². The molecule has 1 aromatic rings. The second-order valence-electron chi connectivity index (χ2n) is 54.8. The Morgan fingerprint density at radius 3 is 0.427 bits per heavy atom. The van der Waals surface area contributed by atoms with Crippen LogP contribution >= 0.6 is 0 Å². The van der Waals surface area contributed by atoms with Gasteiger partial charge in [0.25, 0.3) is 0 Å². The summed E-state index contributed by atoms with van der Waals surface area (Å²) < 4.78 is 7.68. The van der Waals surface area contributed by atoms with Crippen molar-refractivity contribution >= 4 is 5.97 Å². The summed E-state index contributed by atoms with van der Waals surface area (Å²) in [5.41, 5.74) is 0.897. The van der Waals surface area contributed by atoms with Crippen LogP contribution in [0, 0.1) is 119 Å². The number of ether oxygens (including phenoxy) is 1. The molecule has 0 aromatic heterocycles. The molecule has 0 radical (unpaired) electrons. The minimum Gasteiger partial charge on any atom is -0.460 e. The summed E-state index contributed by atoms with van der Waals surface area (Å²) in [5, 5.41) is 0. The molecule has 1 aromatic carbocycles. The van der Waals surface area contributed by atoms with Crippen molar-refractivity contribution in [3.05, 3.63) is 35.9 Å². The van der Waals surface area contributed by atoms with Crippen molar-refractivity contribution in [1.82, 2.24) is 0 Å². The normalized spacial score (nSPS) is 15.2. The lowest BCUT2D eigenvalue weighted by Crippen LogP contribution is -2.54. The van der Waals surface area contributed by atoms with Crippen LogP contribution in [0.4, 0.5) is 0 Å². The van der Waals surface area contributed by atoms with Crippen LogP contribution in [0.15, 0.2) is 30.3 Å². The summed E-state index contributed by atoms with van der Waals surface area (Å²) in [6, 6.07) is 11.1. The minimum atomic E-state index is -0.856. The molecule has 0 aliphatic carbocycles. The Morgan fingerprint density at radius 1 is 0.161 bits per heavy atom. The van der Waals surface area contributed by atoms with Crippen LogP contribution in [0.3, 0.4) is 0 Å². The zero-order chi connectivity index (χ0) is 110. The van der Waals surface area contributed by atoms with E-state index >= 15 is 4.79 Å². The molecule has 0 saturated carbocycles. The fourth-order valence-electron chi connectivity index (χ4n) is 36.9. The van der Waals surface area contributed by atoms with Crippen LogP contribution in [-0.2, 0) is 16.1 Å². The number of esters is 1. The van der Waals surface area contributed by atoms with E-state index in [4.69, 9.17) is 4.74 Å².